The van der Waals surface area contributed by atoms with Crippen LogP contribution in [0.15, 0.2) is 89.8 Å². The number of rotatable bonds is 5. The second kappa shape index (κ2) is 7.73. The van der Waals surface area contributed by atoms with Gasteiger partial charge < -0.3 is 4.74 Å². The second-order valence-electron chi connectivity index (χ2n) is 6.87. The highest BCUT2D eigenvalue weighted by atomic mass is 32.2. The quantitative estimate of drug-likeness (QED) is 0.543. The molecule has 160 valence electrons. The fourth-order valence-electron chi connectivity index (χ4n) is 3.35. The normalized spacial score (nSPS) is 19.1. The molecule has 0 bridgehead atoms. The number of hydrogen-bond donors (Lipinski definition) is 0. The lowest BCUT2D eigenvalue weighted by molar-refractivity contribution is -0.153. The fourth-order valence-corrected chi connectivity index (χ4v) is 4.95. The Morgan fingerprint density at radius 2 is 1.35 bits per heavy atom. The minimum atomic E-state index is -4.54. The minimum absolute atomic E-state index is 0.0987. The molecule has 0 aromatic heterocycles. The molecule has 2 atom stereocenters. The van der Waals surface area contributed by atoms with Gasteiger partial charge in [0.05, 0.1) is 10.5 Å². The minimum Gasteiger partial charge on any atom is -0.478 e. The molecule has 9 heteroatoms. The average Bonchev–Trinajstić information content (AvgIpc) is 2.76. The molecule has 0 unspecified atom stereocenters. The van der Waals surface area contributed by atoms with E-state index >= 15 is 0 Å². The molecule has 1 saturated heterocycles. The summed E-state index contributed by atoms with van der Waals surface area (Å²) in [7, 11) is -4.23. The van der Waals surface area contributed by atoms with Gasteiger partial charge in [-0.1, -0.05) is 48.5 Å². The lowest BCUT2D eigenvalue weighted by atomic mass is 9.93. The fraction of sp³-hybridized carbons (Fsp3) is 0.136. The van der Waals surface area contributed by atoms with Gasteiger partial charge >= 0.3 is 6.18 Å². The van der Waals surface area contributed by atoms with Gasteiger partial charge in [0.2, 0.25) is 6.10 Å². The Bertz CT molecular complexity index is 1180. The average molecular weight is 447 g/mol. The Hall–Kier alpha value is -3.33. The summed E-state index contributed by atoms with van der Waals surface area (Å²) in [5.41, 5.74) is -0.659. The van der Waals surface area contributed by atoms with Crippen molar-refractivity contribution in [2.24, 2.45) is 0 Å². The van der Waals surface area contributed by atoms with Crippen LogP contribution < -0.4 is 4.74 Å². The Balaban J connectivity index is 1.73. The van der Waals surface area contributed by atoms with Gasteiger partial charge in [0.25, 0.3) is 15.9 Å². The zero-order valence-electron chi connectivity index (χ0n) is 15.9. The van der Waals surface area contributed by atoms with Crippen molar-refractivity contribution in [1.29, 1.82) is 0 Å². The van der Waals surface area contributed by atoms with E-state index in [4.69, 9.17) is 4.74 Å². The van der Waals surface area contributed by atoms with E-state index in [2.05, 4.69) is 0 Å². The number of carbonyl (C=O) groups excluding carboxylic acids is 1. The Labute approximate surface area is 176 Å². The third-order valence-corrected chi connectivity index (χ3v) is 6.68. The standard InChI is InChI=1S/C22H16F3NO4S/c23-22(24,25)16-13-11-15(12-14-16)19-20(30-17-7-3-1-4-8-17)21(27)26(19)31(28,29)18-9-5-2-6-10-18/h1-14,19-20H/t19-,20+/m1/s1. The van der Waals surface area contributed by atoms with Crippen LogP contribution in [0.4, 0.5) is 13.2 Å². The number of alkyl halides is 3. The van der Waals surface area contributed by atoms with Gasteiger partial charge in [-0.15, -0.1) is 0 Å². The van der Waals surface area contributed by atoms with Gasteiger partial charge in [-0.25, -0.2) is 12.7 Å². The van der Waals surface area contributed by atoms with Crippen LogP contribution in [0.25, 0.3) is 0 Å². The Morgan fingerprint density at radius 1 is 0.806 bits per heavy atom. The van der Waals surface area contributed by atoms with Crippen molar-refractivity contribution in [2.45, 2.75) is 23.2 Å². The molecule has 3 aromatic rings. The van der Waals surface area contributed by atoms with Crippen molar-refractivity contribution in [1.82, 2.24) is 4.31 Å². The number of halogens is 3. The second-order valence-corrected chi connectivity index (χ2v) is 8.68. The molecule has 4 rings (SSSR count). The lowest BCUT2D eigenvalue weighted by Gasteiger charge is -2.45. The summed E-state index contributed by atoms with van der Waals surface area (Å²) in [6, 6.07) is 18.6. The summed E-state index contributed by atoms with van der Waals surface area (Å²) in [4.78, 5) is 12.7. The van der Waals surface area contributed by atoms with Gasteiger partial charge in [-0.2, -0.15) is 13.2 Å². The number of para-hydroxylation sites is 1. The van der Waals surface area contributed by atoms with Crippen LogP contribution in [0.5, 0.6) is 5.75 Å². The SMILES string of the molecule is O=C1[C@@H](Oc2ccccc2)[C@@H](c2ccc(C(F)(F)F)cc2)N1S(=O)(=O)c1ccccc1. The van der Waals surface area contributed by atoms with Crippen molar-refractivity contribution in [3.63, 3.8) is 0 Å². The van der Waals surface area contributed by atoms with Crippen molar-refractivity contribution < 1.29 is 31.1 Å². The molecule has 1 heterocycles. The molecule has 3 aromatic carbocycles. The summed E-state index contributed by atoms with van der Waals surface area (Å²) in [5, 5.41) is 0. The molecule has 1 aliphatic rings. The molecule has 0 saturated carbocycles. The third-order valence-electron chi connectivity index (χ3n) is 4.89. The highest BCUT2D eigenvalue weighted by molar-refractivity contribution is 7.89. The maximum atomic E-state index is 13.1. The number of sulfonamides is 1. The van der Waals surface area contributed by atoms with Gasteiger partial charge in [0, 0.05) is 0 Å². The molecule has 1 aliphatic heterocycles. The first kappa shape index (κ1) is 20.9. The van der Waals surface area contributed by atoms with Crippen molar-refractivity contribution in [3.8, 4) is 5.75 Å². The van der Waals surface area contributed by atoms with Crippen molar-refractivity contribution in [2.75, 3.05) is 0 Å². The molecule has 0 N–H and O–H groups in total. The largest absolute Gasteiger partial charge is 0.478 e. The molecule has 1 amide bonds. The van der Waals surface area contributed by atoms with E-state index < -0.39 is 39.8 Å². The Kier molecular flexibility index (Phi) is 5.22. The molecular weight excluding hydrogens is 431 g/mol. The van der Waals surface area contributed by atoms with Crippen LogP contribution in [0.2, 0.25) is 0 Å². The van der Waals surface area contributed by atoms with Gasteiger partial charge in [0.1, 0.15) is 11.8 Å². The number of nitrogens with zero attached hydrogens (tertiary/aromatic N) is 1. The van der Waals surface area contributed by atoms with Crippen LogP contribution in [0.3, 0.4) is 0 Å². The predicted octanol–water partition coefficient (Wildman–Crippen LogP) is 4.43. The lowest BCUT2D eigenvalue weighted by Crippen LogP contribution is -2.63. The highest BCUT2D eigenvalue weighted by Gasteiger charge is 2.56. The van der Waals surface area contributed by atoms with E-state index in [1.54, 1.807) is 36.4 Å². The van der Waals surface area contributed by atoms with E-state index in [1.165, 1.54) is 24.3 Å². The van der Waals surface area contributed by atoms with Crippen LogP contribution in [0, 0.1) is 0 Å². The maximum absolute atomic E-state index is 13.1. The van der Waals surface area contributed by atoms with Crippen LogP contribution in [-0.2, 0) is 21.0 Å². The number of hydrogen-bond acceptors (Lipinski definition) is 4. The molecule has 0 radical (unpaired) electrons. The van der Waals surface area contributed by atoms with Crippen LogP contribution in [-0.4, -0.2) is 24.7 Å². The van der Waals surface area contributed by atoms with Crippen molar-refractivity contribution >= 4 is 15.9 Å². The number of benzene rings is 3. The van der Waals surface area contributed by atoms with Gasteiger partial charge in [-0.3, -0.25) is 4.79 Å². The number of amides is 1. The number of β-lactam (4-membered cyclic amide) rings is 1. The monoisotopic (exact) mass is 447 g/mol. The summed E-state index contributed by atoms with van der Waals surface area (Å²) >= 11 is 0. The number of carbonyl (C=O) groups is 1. The van der Waals surface area contributed by atoms with Crippen molar-refractivity contribution in [3.05, 3.63) is 96.1 Å². The summed E-state index contributed by atoms with van der Waals surface area (Å²) < 4.78 is 71.4. The molecular formula is C22H16F3NO4S. The first-order valence-electron chi connectivity index (χ1n) is 9.22. The summed E-state index contributed by atoms with van der Waals surface area (Å²) in [6.45, 7) is 0. The maximum Gasteiger partial charge on any atom is 0.416 e. The van der Waals surface area contributed by atoms with E-state index in [0.717, 1.165) is 24.3 Å². The molecule has 1 fully saturated rings. The first-order chi connectivity index (χ1) is 14.7. The van der Waals surface area contributed by atoms with E-state index in [9.17, 15) is 26.4 Å². The van der Waals surface area contributed by atoms with E-state index in [1.807, 2.05) is 0 Å². The topological polar surface area (TPSA) is 63.7 Å². The predicted molar refractivity (Wildman–Crippen MR) is 106 cm³/mol. The van der Waals surface area contributed by atoms with E-state index in [0.29, 0.717) is 10.1 Å². The smallest absolute Gasteiger partial charge is 0.416 e. The Morgan fingerprint density at radius 3 is 1.90 bits per heavy atom. The zero-order chi connectivity index (χ0) is 22.2. The van der Waals surface area contributed by atoms with Crippen LogP contribution >= 0.6 is 0 Å². The third kappa shape index (κ3) is 3.88. The molecule has 0 spiro atoms. The number of ether oxygens (including phenoxy) is 1. The van der Waals surface area contributed by atoms with Gasteiger partial charge in [-0.05, 0) is 42.0 Å². The highest BCUT2D eigenvalue weighted by Crippen LogP contribution is 2.42. The first-order valence-corrected chi connectivity index (χ1v) is 10.7. The zero-order valence-corrected chi connectivity index (χ0v) is 16.7. The summed E-state index contributed by atoms with van der Waals surface area (Å²) in [6.07, 6.45) is -5.73. The van der Waals surface area contributed by atoms with Crippen LogP contribution in [0.1, 0.15) is 17.2 Å². The molecule has 5 nitrogen and oxygen atoms in total. The van der Waals surface area contributed by atoms with E-state index in [-0.39, 0.29) is 10.5 Å². The van der Waals surface area contributed by atoms with Gasteiger partial charge in [0.15, 0.2) is 0 Å². The molecule has 31 heavy (non-hydrogen) atoms. The molecule has 0 aliphatic carbocycles. The summed E-state index contributed by atoms with van der Waals surface area (Å²) in [5.74, 6) is -0.452.